The molecule has 20 heavy (non-hydrogen) atoms. The number of halogens is 4. The van der Waals surface area contributed by atoms with Crippen LogP contribution in [0.5, 0.6) is 11.5 Å². The van der Waals surface area contributed by atoms with Crippen LogP contribution in [0.1, 0.15) is 20.3 Å². The van der Waals surface area contributed by atoms with E-state index in [4.69, 9.17) is 4.74 Å². The smallest absolute Gasteiger partial charge is 0.486 e. The molecule has 1 aromatic carbocycles. The first kappa shape index (κ1) is 16.8. The number of benzene rings is 1. The summed E-state index contributed by atoms with van der Waals surface area (Å²) in [7, 11) is 0. The molecule has 0 bridgehead atoms. The monoisotopic (exact) mass is 354 g/mol. The zero-order chi connectivity index (χ0) is 15.3. The molecule has 0 saturated heterocycles. The Hall–Kier alpha value is -1.24. The highest BCUT2D eigenvalue weighted by atomic mass is 79.9. The number of ketones is 1. The normalized spacial score (nSPS) is 12.9. The molecule has 0 aliphatic rings. The molecule has 0 saturated carbocycles. The number of rotatable bonds is 6. The third kappa shape index (κ3) is 5.40. The Morgan fingerprint density at radius 3 is 2.55 bits per heavy atom. The maximum Gasteiger partial charge on any atom is 0.573 e. The number of hydrogen-bond acceptors (Lipinski definition) is 3. The van der Waals surface area contributed by atoms with E-state index in [-0.39, 0.29) is 28.5 Å². The topological polar surface area (TPSA) is 35.5 Å². The summed E-state index contributed by atoms with van der Waals surface area (Å²) in [5, 5.41) is 0. The molecule has 7 heteroatoms. The summed E-state index contributed by atoms with van der Waals surface area (Å²) in [5.41, 5.74) is 0. The van der Waals surface area contributed by atoms with Gasteiger partial charge in [0, 0.05) is 5.92 Å². The molecule has 1 aromatic rings. The number of carbonyl (C=O) groups excluding carboxylic acids is 1. The van der Waals surface area contributed by atoms with Gasteiger partial charge in [-0.2, -0.15) is 0 Å². The molecule has 1 unspecified atom stereocenters. The summed E-state index contributed by atoms with van der Waals surface area (Å²) in [5.74, 6) is -0.230. The predicted octanol–water partition coefficient (Wildman–Crippen LogP) is 4.34. The summed E-state index contributed by atoms with van der Waals surface area (Å²) < 4.78 is 45.4. The van der Waals surface area contributed by atoms with Crippen molar-refractivity contribution >= 4 is 21.7 Å². The number of carbonyl (C=O) groups is 1. The summed E-state index contributed by atoms with van der Waals surface area (Å²) in [4.78, 5) is 11.6. The Labute approximate surface area is 123 Å². The number of Topliss-reactive ketones (excluding diaryl/α,β-unsaturated/α-hetero) is 1. The van der Waals surface area contributed by atoms with Crippen LogP contribution in [0.25, 0.3) is 0 Å². The van der Waals surface area contributed by atoms with E-state index in [1.165, 1.54) is 12.1 Å². The van der Waals surface area contributed by atoms with E-state index in [0.717, 1.165) is 6.07 Å². The molecule has 0 N–H and O–H groups in total. The molecule has 1 rings (SSSR count). The lowest BCUT2D eigenvalue weighted by molar-refractivity contribution is -0.274. The zero-order valence-corrected chi connectivity index (χ0v) is 12.5. The quantitative estimate of drug-likeness (QED) is 0.762. The van der Waals surface area contributed by atoms with Gasteiger partial charge in [0.05, 0.1) is 4.47 Å². The fraction of sp³-hybridized carbons (Fsp3) is 0.462. The fourth-order valence-corrected chi connectivity index (χ4v) is 1.74. The molecule has 112 valence electrons. The van der Waals surface area contributed by atoms with E-state index in [9.17, 15) is 18.0 Å². The highest BCUT2D eigenvalue weighted by molar-refractivity contribution is 9.10. The lowest BCUT2D eigenvalue weighted by atomic mass is 10.1. The molecule has 0 aliphatic heterocycles. The molecular weight excluding hydrogens is 341 g/mol. The second-order valence-corrected chi connectivity index (χ2v) is 5.06. The van der Waals surface area contributed by atoms with E-state index < -0.39 is 6.36 Å². The molecule has 3 nitrogen and oxygen atoms in total. The molecule has 0 radical (unpaired) electrons. The molecule has 0 aromatic heterocycles. The van der Waals surface area contributed by atoms with Crippen LogP contribution in [0.4, 0.5) is 13.2 Å². The predicted molar refractivity (Wildman–Crippen MR) is 70.8 cm³/mol. The van der Waals surface area contributed by atoms with Gasteiger partial charge >= 0.3 is 6.36 Å². The summed E-state index contributed by atoms with van der Waals surface area (Å²) >= 11 is 2.96. The largest absolute Gasteiger partial charge is 0.573 e. The molecule has 0 fully saturated rings. The third-order valence-corrected chi connectivity index (χ3v) is 3.29. The van der Waals surface area contributed by atoms with Crippen molar-refractivity contribution in [3.63, 3.8) is 0 Å². The first-order valence-electron chi connectivity index (χ1n) is 5.93. The van der Waals surface area contributed by atoms with E-state index in [1.807, 2.05) is 6.92 Å². The molecule has 0 heterocycles. The van der Waals surface area contributed by atoms with Crippen molar-refractivity contribution in [2.24, 2.45) is 5.92 Å². The summed E-state index contributed by atoms with van der Waals surface area (Å²) in [6.45, 7) is 3.57. The first-order chi connectivity index (χ1) is 9.23. The first-order valence-corrected chi connectivity index (χ1v) is 6.73. The Kier molecular flexibility index (Phi) is 5.86. The van der Waals surface area contributed by atoms with Crippen molar-refractivity contribution in [2.75, 3.05) is 6.61 Å². The second-order valence-electron chi connectivity index (χ2n) is 4.20. The molecule has 1 atom stereocenters. The van der Waals surface area contributed by atoms with Crippen molar-refractivity contribution in [3.05, 3.63) is 22.7 Å². The molecular formula is C13H14BrF3O3. The maximum absolute atomic E-state index is 12.1. The number of alkyl halides is 3. The van der Waals surface area contributed by atoms with E-state index >= 15 is 0 Å². The molecule has 0 aliphatic carbocycles. The summed E-state index contributed by atoms with van der Waals surface area (Å²) in [6.07, 6.45) is -4.04. The minimum absolute atomic E-state index is 0.0563. The van der Waals surface area contributed by atoms with E-state index in [0.29, 0.717) is 12.2 Å². The lowest BCUT2D eigenvalue weighted by Gasteiger charge is -2.13. The van der Waals surface area contributed by atoms with E-state index in [2.05, 4.69) is 20.7 Å². The number of hydrogen-bond donors (Lipinski definition) is 0. The minimum atomic E-state index is -4.75. The third-order valence-electron chi connectivity index (χ3n) is 2.67. The van der Waals surface area contributed by atoms with Crippen LogP contribution in [0.3, 0.4) is 0 Å². The highest BCUT2D eigenvalue weighted by Crippen LogP contribution is 2.33. The van der Waals surface area contributed by atoms with Crippen LogP contribution in [-0.4, -0.2) is 18.8 Å². The van der Waals surface area contributed by atoms with Gasteiger partial charge in [-0.25, -0.2) is 0 Å². The highest BCUT2D eigenvalue weighted by Gasteiger charge is 2.32. The van der Waals surface area contributed by atoms with Gasteiger partial charge in [-0.1, -0.05) is 13.8 Å². The van der Waals surface area contributed by atoms with Gasteiger partial charge in [0.1, 0.15) is 18.1 Å². The average molecular weight is 355 g/mol. The van der Waals surface area contributed by atoms with Gasteiger partial charge in [-0.3, -0.25) is 4.79 Å². The Morgan fingerprint density at radius 2 is 2.05 bits per heavy atom. The van der Waals surface area contributed by atoms with Crippen molar-refractivity contribution < 1.29 is 27.4 Å². The summed E-state index contributed by atoms with van der Waals surface area (Å²) in [6, 6.07) is 3.77. The zero-order valence-electron chi connectivity index (χ0n) is 11.0. The van der Waals surface area contributed by atoms with Crippen LogP contribution >= 0.6 is 15.9 Å². The molecule has 0 amide bonds. The maximum atomic E-state index is 12.1. The van der Waals surface area contributed by atoms with Gasteiger partial charge in [-0.15, -0.1) is 13.2 Å². The SMILES string of the molecule is CCC(C)C(=O)COc1ccc(OC(F)(F)F)c(Br)c1. The van der Waals surface area contributed by atoms with Crippen molar-refractivity contribution in [1.29, 1.82) is 0 Å². The van der Waals surface area contributed by atoms with Gasteiger partial charge in [-0.05, 0) is 40.5 Å². The van der Waals surface area contributed by atoms with Gasteiger partial charge in [0.25, 0.3) is 0 Å². The van der Waals surface area contributed by atoms with Gasteiger partial charge in [0.15, 0.2) is 5.78 Å². The Morgan fingerprint density at radius 1 is 1.40 bits per heavy atom. The standard InChI is InChI=1S/C13H14BrF3O3/c1-3-8(2)11(18)7-19-9-4-5-12(10(14)6-9)20-13(15,16)17/h4-6,8H,3,7H2,1-2H3. The van der Waals surface area contributed by atoms with Crippen molar-refractivity contribution in [3.8, 4) is 11.5 Å². The Balaban J connectivity index is 2.66. The Bertz CT molecular complexity index is 474. The molecule has 0 spiro atoms. The van der Waals surface area contributed by atoms with Crippen molar-refractivity contribution in [1.82, 2.24) is 0 Å². The van der Waals surface area contributed by atoms with Crippen LogP contribution < -0.4 is 9.47 Å². The lowest BCUT2D eigenvalue weighted by Crippen LogP contribution is -2.19. The van der Waals surface area contributed by atoms with Gasteiger partial charge < -0.3 is 9.47 Å². The number of ether oxygens (including phenoxy) is 2. The van der Waals surface area contributed by atoms with Crippen molar-refractivity contribution in [2.45, 2.75) is 26.6 Å². The van der Waals surface area contributed by atoms with Crippen LogP contribution in [0.2, 0.25) is 0 Å². The fourth-order valence-electron chi connectivity index (χ4n) is 1.30. The van der Waals surface area contributed by atoms with E-state index in [1.54, 1.807) is 6.92 Å². The van der Waals surface area contributed by atoms with Crippen LogP contribution in [0.15, 0.2) is 22.7 Å². The average Bonchev–Trinajstić information content (AvgIpc) is 2.36. The minimum Gasteiger partial charge on any atom is -0.486 e. The van der Waals surface area contributed by atoms with Gasteiger partial charge in [0.2, 0.25) is 0 Å². The van der Waals surface area contributed by atoms with Crippen LogP contribution in [-0.2, 0) is 4.79 Å². The van der Waals surface area contributed by atoms with Crippen LogP contribution in [0, 0.1) is 5.92 Å². The second kappa shape index (κ2) is 6.97.